The number of hydrogen-bond acceptors (Lipinski definition) is 8. The summed E-state index contributed by atoms with van der Waals surface area (Å²) in [5, 5.41) is 30.7. The number of benzene rings is 2. The molecule has 4 aromatic rings. The lowest BCUT2D eigenvalue weighted by molar-refractivity contribution is -0.0393. The fraction of sp³-hybridized carbons (Fsp3) is 0.379. The highest BCUT2D eigenvalue weighted by Gasteiger charge is 2.36. The maximum absolute atomic E-state index is 11.3. The van der Waals surface area contributed by atoms with E-state index >= 15 is 0 Å². The number of aliphatic hydroxyl groups is 3. The van der Waals surface area contributed by atoms with Crippen LogP contribution < -0.4 is 10.5 Å². The van der Waals surface area contributed by atoms with Gasteiger partial charge in [0, 0.05) is 37.4 Å². The van der Waals surface area contributed by atoms with Gasteiger partial charge in [-0.3, -0.25) is 4.90 Å². The van der Waals surface area contributed by atoms with Crippen molar-refractivity contribution in [2.24, 2.45) is 0 Å². The number of hydrogen-bond donors (Lipinski definition) is 4. The highest BCUT2D eigenvalue weighted by molar-refractivity contribution is 6.00. The Bertz CT molecular complexity index is 1330. The zero-order chi connectivity index (χ0) is 26.5. The van der Waals surface area contributed by atoms with E-state index in [0.29, 0.717) is 38.3 Å². The molecule has 1 aliphatic rings. The number of anilines is 1. The predicted molar refractivity (Wildman–Crippen MR) is 147 cm³/mol. The average molecular weight is 518 g/mol. The van der Waals surface area contributed by atoms with Gasteiger partial charge < -0.3 is 30.4 Å². The van der Waals surface area contributed by atoms with Gasteiger partial charge in [0.15, 0.2) is 0 Å². The number of rotatable bonds is 10. The van der Waals surface area contributed by atoms with E-state index < -0.39 is 5.60 Å². The third-order valence-electron chi connectivity index (χ3n) is 7.41. The van der Waals surface area contributed by atoms with E-state index in [-0.39, 0.29) is 19.3 Å². The summed E-state index contributed by atoms with van der Waals surface area (Å²) in [5.74, 6) is 1.96. The van der Waals surface area contributed by atoms with Crippen LogP contribution in [0.25, 0.3) is 22.2 Å². The molecule has 2 aromatic heterocycles. The van der Waals surface area contributed by atoms with Crippen molar-refractivity contribution in [1.82, 2.24) is 19.4 Å². The summed E-state index contributed by atoms with van der Waals surface area (Å²) in [5.41, 5.74) is 8.24. The molecule has 200 valence electrons. The van der Waals surface area contributed by atoms with Crippen LogP contribution >= 0.6 is 0 Å². The first-order valence-corrected chi connectivity index (χ1v) is 13.1. The molecule has 9 nitrogen and oxygen atoms in total. The first kappa shape index (κ1) is 26.1. The molecule has 0 bridgehead atoms. The van der Waals surface area contributed by atoms with Gasteiger partial charge in [-0.25, -0.2) is 9.97 Å². The molecule has 1 saturated carbocycles. The third kappa shape index (κ3) is 5.66. The molecule has 1 aliphatic carbocycles. The van der Waals surface area contributed by atoms with Crippen molar-refractivity contribution in [1.29, 1.82) is 0 Å². The van der Waals surface area contributed by atoms with Crippen molar-refractivity contribution < 1.29 is 20.1 Å². The molecule has 2 aromatic carbocycles. The molecular weight excluding hydrogens is 482 g/mol. The minimum absolute atomic E-state index is 0.00265. The Labute approximate surface area is 222 Å². The number of para-hydroxylation sites is 1. The van der Waals surface area contributed by atoms with Gasteiger partial charge in [0.05, 0.1) is 24.2 Å². The second-order valence-corrected chi connectivity index (χ2v) is 10.0. The summed E-state index contributed by atoms with van der Waals surface area (Å²) in [4.78, 5) is 10.8. The van der Waals surface area contributed by atoms with Crippen LogP contribution in [0, 0.1) is 0 Å². The molecule has 5 N–H and O–H groups in total. The molecular formula is C29H35N5O4. The fourth-order valence-electron chi connectivity index (χ4n) is 5.48. The van der Waals surface area contributed by atoms with Gasteiger partial charge in [0.1, 0.15) is 29.3 Å². The van der Waals surface area contributed by atoms with Crippen LogP contribution in [0.15, 0.2) is 67.1 Å². The molecule has 0 unspecified atom stereocenters. The Kier molecular flexibility index (Phi) is 7.90. The van der Waals surface area contributed by atoms with Crippen molar-refractivity contribution in [3.05, 3.63) is 67.1 Å². The minimum Gasteiger partial charge on any atom is -0.457 e. The van der Waals surface area contributed by atoms with Gasteiger partial charge in [-0.2, -0.15) is 0 Å². The molecule has 0 radical (unpaired) electrons. The van der Waals surface area contributed by atoms with Crippen LogP contribution in [0.4, 0.5) is 5.82 Å². The maximum atomic E-state index is 11.3. The minimum atomic E-state index is -0.852. The number of ether oxygens (including phenoxy) is 1. The molecule has 0 amide bonds. The molecule has 2 heterocycles. The summed E-state index contributed by atoms with van der Waals surface area (Å²) >= 11 is 0. The summed E-state index contributed by atoms with van der Waals surface area (Å²) in [7, 11) is 0. The first-order valence-electron chi connectivity index (χ1n) is 13.1. The monoisotopic (exact) mass is 517 g/mol. The number of fused-ring (bicyclic) bond motifs is 1. The summed E-state index contributed by atoms with van der Waals surface area (Å²) in [6.45, 7) is 1.30. The van der Waals surface area contributed by atoms with Crippen molar-refractivity contribution in [3.8, 4) is 22.6 Å². The normalized spacial score (nSPS) is 19.7. The standard InChI is InChI=1S/C29H35N5O4/c30-27-26-25(21-6-8-24(9-7-21)38-23-4-2-1-3-5-23)18-34(28(26)32-20-31-27)22-10-12-29(37,13-11-22)19-33(14-16-35)15-17-36/h1-9,18,20,22,35-37H,10-17,19H2,(H2,30,31,32). The molecule has 0 spiro atoms. The number of nitrogen functional groups attached to an aromatic ring is 1. The summed E-state index contributed by atoms with van der Waals surface area (Å²) in [6.07, 6.45) is 6.38. The molecule has 0 aliphatic heterocycles. The second-order valence-electron chi connectivity index (χ2n) is 10.0. The van der Waals surface area contributed by atoms with Gasteiger partial charge in [-0.05, 0) is 55.5 Å². The van der Waals surface area contributed by atoms with Crippen LogP contribution in [0.2, 0.25) is 0 Å². The van der Waals surface area contributed by atoms with Crippen molar-refractivity contribution in [3.63, 3.8) is 0 Å². The Morgan fingerprint density at radius 2 is 1.61 bits per heavy atom. The van der Waals surface area contributed by atoms with E-state index in [1.54, 1.807) is 0 Å². The first-order chi connectivity index (χ1) is 18.5. The molecule has 9 heteroatoms. The van der Waals surface area contributed by atoms with E-state index in [9.17, 15) is 15.3 Å². The SMILES string of the molecule is Nc1ncnc2c1c(-c1ccc(Oc3ccccc3)cc1)cn2C1CCC(O)(CN(CCO)CCO)CC1. The van der Waals surface area contributed by atoms with E-state index in [2.05, 4.69) is 20.7 Å². The van der Waals surface area contributed by atoms with E-state index in [0.717, 1.165) is 46.5 Å². The fourth-order valence-corrected chi connectivity index (χ4v) is 5.48. The average Bonchev–Trinajstić information content (AvgIpc) is 3.31. The largest absolute Gasteiger partial charge is 0.457 e. The Balaban J connectivity index is 1.37. The topological polar surface area (TPSA) is 130 Å². The van der Waals surface area contributed by atoms with Crippen LogP contribution in [-0.4, -0.2) is 73.2 Å². The molecule has 0 saturated heterocycles. The van der Waals surface area contributed by atoms with Gasteiger partial charge in [0.25, 0.3) is 0 Å². The smallest absolute Gasteiger partial charge is 0.146 e. The van der Waals surface area contributed by atoms with Crippen molar-refractivity contribution in [2.45, 2.75) is 37.3 Å². The highest BCUT2D eigenvalue weighted by Crippen LogP contribution is 2.41. The van der Waals surface area contributed by atoms with Crippen LogP contribution in [0.3, 0.4) is 0 Å². The van der Waals surface area contributed by atoms with Crippen molar-refractivity contribution in [2.75, 3.05) is 38.6 Å². The predicted octanol–water partition coefficient (Wildman–Crippen LogP) is 3.61. The second kappa shape index (κ2) is 11.5. The van der Waals surface area contributed by atoms with E-state index in [1.165, 1.54) is 6.33 Å². The highest BCUT2D eigenvalue weighted by atomic mass is 16.5. The van der Waals surface area contributed by atoms with Gasteiger partial charge >= 0.3 is 0 Å². The molecule has 38 heavy (non-hydrogen) atoms. The van der Waals surface area contributed by atoms with Gasteiger partial charge in [-0.15, -0.1) is 0 Å². The lowest BCUT2D eigenvalue weighted by Gasteiger charge is -2.39. The third-order valence-corrected chi connectivity index (χ3v) is 7.41. The quantitative estimate of drug-likeness (QED) is 0.251. The van der Waals surface area contributed by atoms with Gasteiger partial charge in [-0.1, -0.05) is 30.3 Å². The Morgan fingerprint density at radius 1 is 0.947 bits per heavy atom. The van der Waals surface area contributed by atoms with Crippen molar-refractivity contribution >= 4 is 16.9 Å². The number of nitrogens with two attached hydrogens (primary N) is 1. The number of aliphatic hydroxyl groups excluding tert-OH is 2. The van der Waals surface area contributed by atoms with Crippen LogP contribution in [0.5, 0.6) is 11.5 Å². The zero-order valence-electron chi connectivity index (χ0n) is 21.4. The summed E-state index contributed by atoms with van der Waals surface area (Å²) in [6, 6.07) is 17.7. The lowest BCUT2D eigenvalue weighted by Crippen LogP contribution is -2.47. The maximum Gasteiger partial charge on any atom is 0.146 e. The Morgan fingerprint density at radius 3 is 2.26 bits per heavy atom. The lowest BCUT2D eigenvalue weighted by atomic mass is 9.81. The summed E-state index contributed by atoms with van der Waals surface area (Å²) < 4.78 is 8.13. The number of nitrogens with zero attached hydrogens (tertiary/aromatic N) is 4. The van der Waals surface area contributed by atoms with Crippen LogP contribution in [-0.2, 0) is 0 Å². The molecule has 5 rings (SSSR count). The molecule has 1 fully saturated rings. The number of aromatic nitrogens is 3. The Hall–Kier alpha value is -3.50. The molecule has 0 atom stereocenters. The van der Waals surface area contributed by atoms with Gasteiger partial charge in [0.2, 0.25) is 0 Å². The van der Waals surface area contributed by atoms with Crippen LogP contribution in [0.1, 0.15) is 31.7 Å². The zero-order valence-corrected chi connectivity index (χ0v) is 21.4. The van der Waals surface area contributed by atoms with E-state index in [4.69, 9.17) is 10.5 Å². The van der Waals surface area contributed by atoms with E-state index in [1.807, 2.05) is 59.5 Å².